The van der Waals surface area contributed by atoms with Crippen LogP contribution in [0.25, 0.3) is 11.2 Å². The maximum atomic E-state index is 14.4. The molecule has 4 aromatic rings. The highest BCUT2D eigenvalue weighted by Crippen LogP contribution is 2.49. The summed E-state index contributed by atoms with van der Waals surface area (Å²) in [7, 11) is 3.56. The van der Waals surface area contributed by atoms with Gasteiger partial charge in [-0.2, -0.15) is 13.2 Å². The third-order valence-electron chi connectivity index (χ3n) is 9.11. The summed E-state index contributed by atoms with van der Waals surface area (Å²) in [6.45, 7) is 5.73. The van der Waals surface area contributed by atoms with Gasteiger partial charge in [-0.15, -0.1) is 10.2 Å². The van der Waals surface area contributed by atoms with Crippen molar-refractivity contribution in [2.24, 2.45) is 13.0 Å². The van der Waals surface area contributed by atoms with Crippen LogP contribution in [0.2, 0.25) is 0 Å². The van der Waals surface area contributed by atoms with Crippen LogP contribution in [0.4, 0.5) is 13.2 Å². The summed E-state index contributed by atoms with van der Waals surface area (Å²) in [4.78, 5) is 15.9. The Balaban J connectivity index is 1.45. The second-order valence-corrected chi connectivity index (χ2v) is 11.8. The lowest BCUT2D eigenvalue weighted by Gasteiger charge is -2.46. The first kappa shape index (κ1) is 27.7. The number of aromatic nitrogens is 5. The van der Waals surface area contributed by atoms with Crippen LogP contribution in [0.5, 0.6) is 0 Å². The lowest BCUT2D eigenvalue weighted by molar-refractivity contribution is -0.136. The van der Waals surface area contributed by atoms with Crippen molar-refractivity contribution in [1.29, 1.82) is 0 Å². The fraction of sp³-hybridized carbons (Fsp3) is 0.500. The first-order valence-electron chi connectivity index (χ1n) is 14.1. The molecular formula is C30H35F3N6O2. The van der Waals surface area contributed by atoms with Crippen LogP contribution in [0.1, 0.15) is 68.1 Å². The molecule has 1 saturated carbocycles. The van der Waals surface area contributed by atoms with Crippen molar-refractivity contribution in [3.8, 4) is 5.69 Å². The van der Waals surface area contributed by atoms with E-state index in [1.54, 1.807) is 25.7 Å². The van der Waals surface area contributed by atoms with E-state index in [0.717, 1.165) is 41.7 Å². The zero-order chi connectivity index (χ0) is 29.1. The van der Waals surface area contributed by atoms with E-state index in [0.29, 0.717) is 30.0 Å². The molecule has 41 heavy (non-hydrogen) atoms. The van der Waals surface area contributed by atoms with Gasteiger partial charge >= 0.3 is 11.9 Å². The molecule has 0 spiro atoms. The molecule has 8 nitrogen and oxygen atoms in total. The zero-order valence-corrected chi connectivity index (χ0v) is 23.7. The molecule has 2 aliphatic rings. The molecule has 0 unspecified atom stereocenters. The molecule has 0 amide bonds. The quantitative estimate of drug-likeness (QED) is 0.323. The molecule has 2 fully saturated rings. The van der Waals surface area contributed by atoms with Crippen molar-refractivity contribution < 1.29 is 17.9 Å². The van der Waals surface area contributed by atoms with Crippen LogP contribution in [0, 0.1) is 5.92 Å². The Morgan fingerprint density at radius 2 is 1.95 bits per heavy atom. The molecule has 11 heteroatoms. The van der Waals surface area contributed by atoms with Crippen molar-refractivity contribution in [1.82, 2.24) is 28.6 Å². The average molecular weight is 569 g/mol. The predicted octanol–water partition coefficient (Wildman–Crippen LogP) is 5.13. The van der Waals surface area contributed by atoms with Gasteiger partial charge in [-0.3, -0.25) is 13.9 Å². The Morgan fingerprint density at radius 3 is 2.61 bits per heavy atom. The number of benzene rings is 1. The minimum absolute atomic E-state index is 0.0489. The monoisotopic (exact) mass is 568 g/mol. The average Bonchev–Trinajstić information content (AvgIpc) is 3.50. The smallest absolute Gasteiger partial charge is 0.381 e. The molecule has 1 aliphatic heterocycles. The van der Waals surface area contributed by atoms with Crippen LogP contribution in [0.15, 0.2) is 53.8 Å². The molecule has 0 bridgehead atoms. The predicted molar refractivity (Wildman–Crippen MR) is 148 cm³/mol. The largest absolute Gasteiger partial charge is 0.418 e. The van der Waals surface area contributed by atoms with Gasteiger partial charge in [-0.05, 0) is 74.4 Å². The SMILES string of the molecule is CO[C@H]1C[C@@](c2cccc(-n3cc4c(C(F)(F)F)cc([C@H](C)N5CCC[C@H](C)C5)cn4c3=O)c2)(c2nncn2C)C1. The van der Waals surface area contributed by atoms with Crippen LogP contribution >= 0.6 is 0 Å². The summed E-state index contributed by atoms with van der Waals surface area (Å²) in [5, 5.41) is 8.44. The number of aryl methyl sites for hydroxylation is 1. The number of piperidine rings is 1. The molecule has 218 valence electrons. The highest BCUT2D eigenvalue weighted by Gasteiger charge is 2.50. The van der Waals surface area contributed by atoms with E-state index >= 15 is 0 Å². The number of fused-ring (bicyclic) bond motifs is 1. The van der Waals surface area contributed by atoms with Gasteiger partial charge in [-0.1, -0.05) is 19.1 Å². The summed E-state index contributed by atoms with van der Waals surface area (Å²) in [5.74, 6) is 1.26. The summed E-state index contributed by atoms with van der Waals surface area (Å²) >= 11 is 0. The van der Waals surface area contributed by atoms with Crippen LogP contribution in [0.3, 0.4) is 0 Å². The lowest BCUT2D eigenvalue weighted by Crippen LogP contribution is -2.48. The number of alkyl halides is 3. The van der Waals surface area contributed by atoms with E-state index in [1.165, 1.54) is 16.8 Å². The topological polar surface area (TPSA) is 69.6 Å². The number of pyridine rings is 1. The number of ether oxygens (including phenoxy) is 1. The number of rotatable bonds is 6. The van der Waals surface area contributed by atoms with Crippen molar-refractivity contribution in [3.63, 3.8) is 0 Å². The van der Waals surface area contributed by atoms with Gasteiger partial charge in [-0.25, -0.2) is 4.79 Å². The summed E-state index contributed by atoms with van der Waals surface area (Å²) < 4.78 is 53.1. The van der Waals surface area contributed by atoms with Gasteiger partial charge in [0.05, 0.1) is 28.3 Å². The Morgan fingerprint density at radius 1 is 1.17 bits per heavy atom. The van der Waals surface area contributed by atoms with Gasteiger partial charge in [0, 0.05) is 39.1 Å². The maximum absolute atomic E-state index is 14.4. The third kappa shape index (κ3) is 4.68. The Kier molecular flexibility index (Phi) is 6.85. The number of halogens is 3. The molecule has 0 N–H and O–H groups in total. The van der Waals surface area contributed by atoms with Gasteiger partial charge < -0.3 is 9.30 Å². The second-order valence-electron chi connectivity index (χ2n) is 11.8. The number of methoxy groups -OCH3 is 1. The zero-order valence-electron chi connectivity index (χ0n) is 23.7. The molecule has 1 saturated heterocycles. The fourth-order valence-corrected chi connectivity index (χ4v) is 6.74. The van der Waals surface area contributed by atoms with E-state index < -0.39 is 22.8 Å². The second kappa shape index (κ2) is 10.1. The highest BCUT2D eigenvalue weighted by molar-refractivity contribution is 5.58. The molecule has 0 radical (unpaired) electrons. The minimum Gasteiger partial charge on any atom is -0.381 e. The normalized spacial score (nSPS) is 24.5. The number of hydrogen-bond donors (Lipinski definition) is 0. The van der Waals surface area contributed by atoms with E-state index in [4.69, 9.17) is 4.74 Å². The maximum Gasteiger partial charge on any atom is 0.418 e. The standard InChI is InChI=1S/C30H35F3N6O2/c1-19-7-6-10-37(15-19)20(2)21-11-25(30(31,32)33)26-17-38(28(40)39(26)16-21)23-9-5-8-22(12-23)29(13-24(14-29)41-4)27-35-34-18-36(27)3/h5,8-9,11-12,16-20,24H,6-7,10,13-15H2,1-4H3/t19-,20-,24-,29+/m0/s1. The molecule has 1 aromatic carbocycles. The number of imidazole rings is 1. The molecule has 2 atom stereocenters. The Labute approximate surface area is 236 Å². The fourth-order valence-electron chi connectivity index (χ4n) is 6.74. The lowest BCUT2D eigenvalue weighted by atomic mass is 9.62. The van der Waals surface area contributed by atoms with E-state index in [2.05, 4.69) is 22.0 Å². The molecule has 6 rings (SSSR count). The highest BCUT2D eigenvalue weighted by atomic mass is 19.4. The van der Waals surface area contributed by atoms with Gasteiger partial charge in [0.2, 0.25) is 0 Å². The number of likely N-dealkylation sites (tertiary alicyclic amines) is 1. The van der Waals surface area contributed by atoms with E-state index in [9.17, 15) is 18.0 Å². The third-order valence-corrected chi connectivity index (χ3v) is 9.11. The van der Waals surface area contributed by atoms with E-state index in [-0.39, 0.29) is 17.7 Å². The van der Waals surface area contributed by atoms with Gasteiger partial charge in [0.1, 0.15) is 12.2 Å². The molecule has 4 heterocycles. The number of nitrogens with zero attached hydrogens (tertiary/aromatic N) is 6. The first-order valence-corrected chi connectivity index (χ1v) is 14.1. The Hall–Kier alpha value is -3.44. The molecule has 3 aromatic heterocycles. The van der Waals surface area contributed by atoms with Gasteiger partial charge in [0.25, 0.3) is 0 Å². The van der Waals surface area contributed by atoms with Crippen LogP contribution in [-0.4, -0.2) is 54.9 Å². The summed E-state index contributed by atoms with van der Waals surface area (Å²) in [6.07, 6.45) is 3.44. The van der Waals surface area contributed by atoms with Crippen molar-refractivity contribution in [3.05, 3.63) is 82.1 Å². The van der Waals surface area contributed by atoms with Crippen LogP contribution < -0.4 is 5.69 Å². The van der Waals surface area contributed by atoms with Crippen molar-refractivity contribution >= 4 is 5.52 Å². The van der Waals surface area contributed by atoms with Crippen molar-refractivity contribution in [2.75, 3.05) is 20.2 Å². The summed E-state index contributed by atoms with van der Waals surface area (Å²) in [6, 6.07) is 8.36. The molecular weight excluding hydrogens is 533 g/mol. The molecule has 1 aliphatic carbocycles. The van der Waals surface area contributed by atoms with E-state index in [1.807, 2.05) is 36.7 Å². The van der Waals surface area contributed by atoms with Crippen molar-refractivity contribution in [2.45, 2.75) is 63.3 Å². The van der Waals surface area contributed by atoms with Crippen LogP contribution in [-0.2, 0) is 23.4 Å². The van der Waals surface area contributed by atoms with Gasteiger partial charge in [0.15, 0.2) is 0 Å². The number of hydrogen-bond acceptors (Lipinski definition) is 5. The summed E-state index contributed by atoms with van der Waals surface area (Å²) in [5.41, 5.74) is -0.111. The Bertz CT molecular complexity index is 1630. The first-order chi connectivity index (χ1) is 19.5. The minimum atomic E-state index is -4.62.